The Morgan fingerprint density at radius 1 is 1.43 bits per heavy atom. The molecule has 0 aliphatic carbocycles. The highest BCUT2D eigenvalue weighted by atomic mass is 16.9. The highest BCUT2D eigenvalue weighted by Gasteiger charge is 1.91. The molecule has 3 nitrogen and oxygen atoms in total. The summed E-state index contributed by atoms with van der Waals surface area (Å²) in [4.78, 5) is 9.19. The molecule has 0 amide bonds. The van der Waals surface area contributed by atoms with E-state index in [-0.39, 0.29) is 0 Å². The third-order valence-electron chi connectivity index (χ3n) is 0.590. The number of rotatable bonds is 3. The van der Waals surface area contributed by atoms with Gasteiger partial charge in [0.1, 0.15) is 0 Å². The van der Waals surface area contributed by atoms with Crippen LogP contribution in [-0.2, 0) is 9.68 Å². The SMILES string of the molecule is [CH2]CN(OC)OC. The molecule has 0 rings (SSSR count). The Morgan fingerprint density at radius 3 is 1.86 bits per heavy atom. The van der Waals surface area contributed by atoms with Gasteiger partial charge in [-0.2, -0.15) is 0 Å². The average Bonchev–Trinajstić information content (AvgIpc) is 1.72. The topological polar surface area (TPSA) is 21.7 Å². The molecule has 0 aliphatic heterocycles. The third-order valence-corrected chi connectivity index (χ3v) is 0.590. The van der Waals surface area contributed by atoms with E-state index in [1.165, 1.54) is 19.4 Å². The van der Waals surface area contributed by atoms with Gasteiger partial charge >= 0.3 is 0 Å². The van der Waals surface area contributed by atoms with E-state index in [1.54, 1.807) is 0 Å². The predicted octanol–water partition coefficient (Wildman–Crippen LogP) is 0.245. The minimum atomic E-state index is 0.493. The molecular formula is C4H10NO2. The second-order valence-electron chi connectivity index (χ2n) is 0.921. The first-order chi connectivity index (χ1) is 3.35. The number of hydroxylamine groups is 2. The molecule has 1 radical (unpaired) electrons. The first-order valence-corrected chi connectivity index (χ1v) is 2.00. The first-order valence-electron chi connectivity index (χ1n) is 2.00. The van der Waals surface area contributed by atoms with Crippen molar-refractivity contribution in [1.29, 1.82) is 0 Å². The summed E-state index contributed by atoms with van der Waals surface area (Å²) >= 11 is 0. The van der Waals surface area contributed by atoms with Crippen molar-refractivity contribution >= 4 is 0 Å². The standard InChI is InChI=1S/C4H10NO2/c1-4-5(6-2)7-3/h1,4H2,2-3H3. The highest BCUT2D eigenvalue weighted by Crippen LogP contribution is 1.82. The summed E-state index contributed by atoms with van der Waals surface area (Å²) in [5, 5.41) is 1.26. The maximum Gasteiger partial charge on any atom is 0.0601 e. The van der Waals surface area contributed by atoms with Gasteiger partial charge in [0.05, 0.1) is 20.8 Å². The van der Waals surface area contributed by atoms with Crippen LogP contribution in [0, 0.1) is 6.92 Å². The van der Waals surface area contributed by atoms with Gasteiger partial charge in [0.2, 0.25) is 0 Å². The molecule has 0 bridgehead atoms. The lowest BCUT2D eigenvalue weighted by molar-refractivity contribution is -0.336. The lowest BCUT2D eigenvalue weighted by atomic mass is 10.8. The summed E-state index contributed by atoms with van der Waals surface area (Å²) in [6.45, 7) is 4.00. The van der Waals surface area contributed by atoms with Crippen molar-refractivity contribution in [3.63, 3.8) is 0 Å². The van der Waals surface area contributed by atoms with E-state index in [0.29, 0.717) is 6.54 Å². The Kier molecular flexibility index (Phi) is 3.98. The molecule has 0 spiro atoms. The number of nitrogens with zero attached hydrogens (tertiary/aromatic N) is 1. The monoisotopic (exact) mass is 104 g/mol. The molecule has 0 aromatic carbocycles. The molecule has 0 fully saturated rings. The van der Waals surface area contributed by atoms with Crippen molar-refractivity contribution in [3.8, 4) is 0 Å². The molecule has 0 N–H and O–H groups in total. The molecule has 3 heteroatoms. The summed E-state index contributed by atoms with van der Waals surface area (Å²) in [6.07, 6.45) is 0. The highest BCUT2D eigenvalue weighted by molar-refractivity contribution is 4.30. The molecular weight excluding hydrogens is 94.0 g/mol. The van der Waals surface area contributed by atoms with E-state index >= 15 is 0 Å². The van der Waals surface area contributed by atoms with E-state index in [0.717, 1.165) is 0 Å². The van der Waals surface area contributed by atoms with Crippen LogP contribution in [0.15, 0.2) is 0 Å². The zero-order valence-electron chi connectivity index (χ0n) is 4.68. The Bertz CT molecular complexity index is 31.2. The Hall–Kier alpha value is -0.120. The molecule has 0 aliphatic rings. The first kappa shape index (κ1) is 6.88. The molecule has 0 aromatic heterocycles. The van der Waals surface area contributed by atoms with Crippen molar-refractivity contribution in [2.24, 2.45) is 0 Å². The van der Waals surface area contributed by atoms with Crippen molar-refractivity contribution < 1.29 is 9.68 Å². The summed E-state index contributed by atoms with van der Waals surface area (Å²) in [5.41, 5.74) is 0. The van der Waals surface area contributed by atoms with Crippen molar-refractivity contribution in [2.45, 2.75) is 0 Å². The van der Waals surface area contributed by atoms with Gasteiger partial charge in [-0.05, 0) is 6.92 Å². The van der Waals surface area contributed by atoms with Crippen LogP contribution in [0.25, 0.3) is 0 Å². The minimum absolute atomic E-state index is 0.493. The van der Waals surface area contributed by atoms with Crippen molar-refractivity contribution in [2.75, 3.05) is 20.8 Å². The van der Waals surface area contributed by atoms with Gasteiger partial charge in [-0.15, -0.1) is 0 Å². The van der Waals surface area contributed by atoms with Gasteiger partial charge in [-0.25, -0.2) is 0 Å². The van der Waals surface area contributed by atoms with Crippen LogP contribution in [0.4, 0.5) is 0 Å². The normalized spacial score (nSPS) is 10.3. The van der Waals surface area contributed by atoms with Crippen LogP contribution in [0.5, 0.6) is 0 Å². The Labute approximate surface area is 43.7 Å². The van der Waals surface area contributed by atoms with E-state index in [9.17, 15) is 0 Å². The summed E-state index contributed by atoms with van der Waals surface area (Å²) < 4.78 is 0. The minimum Gasteiger partial charge on any atom is -0.278 e. The molecule has 0 heterocycles. The lowest BCUT2D eigenvalue weighted by Crippen LogP contribution is -2.19. The van der Waals surface area contributed by atoms with Gasteiger partial charge in [0, 0.05) is 0 Å². The maximum absolute atomic E-state index is 4.60. The molecule has 0 saturated carbocycles. The summed E-state index contributed by atoms with van der Waals surface area (Å²) in [5.74, 6) is 0. The van der Waals surface area contributed by atoms with E-state index < -0.39 is 0 Å². The largest absolute Gasteiger partial charge is 0.278 e. The van der Waals surface area contributed by atoms with Crippen LogP contribution in [0.2, 0.25) is 0 Å². The van der Waals surface area contributed by atoms with Crippen LogP contribution in [-0.4, -0.2) is 26.0 Å². The molecule has 0 saturated heterocycles. The molecule has 43 valence electrons. The fourth-order valence-electron chi connectivity index (χ4n) is 0.257. The van der Waals surface area contributed by atoms with Crippen LogP contribution in [0.3, 0.4) is 0 Å². The van der Waals surface area contributed by atoms with Crippen LogP contribution in [0.1, 0.15) is 0 Å². The van der Waals surface area contributed by atoms with Gasteiger partial charge in [0.15, 0.2) is 0 Å². The van der Waals surface area contributed by atoms with E-state index in [2.05, 4.69) is 16.6 Å². The number of hydrogen-bond donors (Lipinski definition) is 0. The number of hydrogen-bond acceptors (Lipinski definition) is 3. The van der Waals surface area contributed by atoms with Gasteiger partial charge in [-0.1, -0.05) is 5.23 Å². The zero-order chi connectivity index (χ0) is 5.70. The zero-order valence-corrected chi connectivity index (χ0v) is 4.68. The van der Waals surface area contributed by atoms with Crippen LogP contribution < -0.4 is 0 Å². The Morgan fingerprint density at radius 2 is 1.86 bits per heavy atom. The van der Waals surface area contributed by atoms with Gasteiger partial charge in [-0.3, -0.25) is 9.68 Å². The second-order valence-corrected chi connectivity index (χ2v) is 0.921. The fraction of sp³-hybridized carbons (Fsp3) is 0.750. The third kappa shape index (κ3) is 2.56. The molecule has 0 unspecified atom stereocenters. The molecule has 0 aromatic rings. The van der Waals surface area contributed by atoms with Gasteiger partial charge < -0.3 is 0 Å². The fourth-order valence-corrected chi connectivity index (χ4v) is 0.257. The summed E-state index contributed by atoms with van der Waals surface area (Å²) in [6, 6.07) is 0. The van der Waals surface area contributed by atoms with Crippen molar-refractivity contribution in [1.82, 2.24) is 5.23 Å². The second kappa shape index (κ2) is 4.05. The van der Waals surface area contributed by atoms with E-state index in [4.69, 9.17) is 0 Å². The molecule has 7 heavy (non-hydrogen) atoms. The summed E-state index contributed by atoms with van der Waals surface area (Å²) in [7, 11) is 3.04. The average molecular weight is 104 g/mol. The Balaban J connectivity index is 2.99. The maximum atomic E-state index is 4.60. The van der Waals surface area contributed by atoms with Crippen molar-refractivity contribution in [3.05, 3.63) is 6.92 Å². The van der Waals surface area contributed by atoms with Gasteiger partial charge in [0.25, 0.3) is 0 Å². The molecule has 0 atom stereocenters. The predicted molar refractivity (Wildman–Crippen MR) is 26.1 cm³/mol. The lowest BCUT2D eigenvalue weighted by Gasteiger charge is -2.11. The van der Waals surface area contributed by atoms with Crippen LogP contribution >= 0.6 is 0 Å². The van der Waals surface area contributed by atoms with E-state index in [1.807, 2.05) is 0 Å². The quantitative estimate of drug-likeness (QED) is 0.479. The smallest absolute Gasteiger partial charge is 0.0601 e.